The van der Waals surface area contributed by atoms with Crippen LogP contribution < -0.4 is 5.73 Å². The highest BCUT2D eigenvalue weighted by Crippen LogP contribution is 2.31. The summed E-state index contributed by atoms with van der Waals surface area (Å²) in [5.74, 6) is 0.0369. The molecule has 1 aliphatic heterocycles. The molecule has 5 nitrogen and oxygen atoms in total. The van der Waals surface area contributed by atoms with Crippen molar-refractivity contribution in [2.75, 3.05) is 13.1 Å². The molecule has 1 amide bonds. The Kier molecular flexibility index (Phi) is 4.56. The predicted octanol–water partition coefficient (Wildman–Crippen LogP) is 1.88. The van der Waals surface area contributed by atoms with Crippen LogP contribution in [-0.4, -0.2) is 39.1 Å². The quantitative estimate of drug-likeness (QED) is 0.863. The van der Waals surface area contributed by atoms with E-state index in [2.05, 4.69) is 17.1 Å². The van der Waals surface area contributed by atoms with Crippen LogP contribution in [0.4, 0.5) is 0 Å². The van der Waals surface area contributed by atoms with E-state index in [0.29, 0.717) is 30.1 Å². The lowest BCUT2D eigenvalue weighted by atomic mass is 9.80. The lowest BCUT2D eigenvalue weighted by Crippen LogP contribution is -2.46. The van der Waals surface area contributed by atoms with Crippen molar-refractivity contribution in [1.82, 2.24) is 15.1 Å². The van der Waals surface area contributed by atoms with E-state index in [0.717, 1.165) is 24.2 Å². The Morgan fingerprint density at radius 1 is 1.43 bits per heavy atom. The number of hydrogen-bond donors (Lipinski definition) is 1. The van der Waals surface area contributed by atoms with Gasteiger partial charge in [0, 0.05) is 18.5 Å². The van der Waals surface area contributed by atoms with Gasteiger partial charge in [0.1, 0.15) is 0 Å². The summed E-state index contributed by atoms with van der Waals surface area (Å²) >= 11 is 5.14. The number of carbonyl (C=O) groups is 1. The lowest BCUT2D eigenvalue weighted by Gasteiger charge is -2.38. The van der Waals surface area contributed by atoms with E-state index in [1.165, 1.54) is 0 Å². The van der Waals surface area contributed by atoms with Crippen LogP contribution in [0.25, 0.3) is 0 Å². The minimum Gasteiger partial charge on any atom is -0.393 e. The summed E-state index contributed by atoms with van der Waals surface area (Å²) in [4.78, 5) is 15.1. The van der Waals surface area contributed by atoms with E-state index in [-0.39, 0.29) is 11.3 Å². The Morgan fingerprint density at radius 2 is 2.05 bits per heavy atom. The molecule has 0 atom stereocenters. The van der Waals surface area contributed by atoms with Gasteiger partial charge in [0.15, 0.2) is 0 Å². The number of aryl methyl sites for hydroxylation is 2. The molecule has 1 aromatic heterocycles. The Bertz CT molecular complexity index is 565. The first-order chi connectivity index (χ1) is 9.87. The highest BCUT2D eigenvalue weighted by molar-refractivity contribution is 7.80. The van der Waals surface area contributed by atoms with Crippen LogP contribution in [0.3, 0.4) is 0 Å². The SMILES string of the molecule is CCc1nnc(C)cc1C(=O)N1CCC(C)(C(N)=S)CC1. The molecular weight excluding hydrogens is 284 g/mol. The number of piperidine rings is 1. The van der Waals surface area contributed by atoms with Gasteiger partial charge < -0.3 is 10.6 Å². The van der Waals surface area contributed by atoms with Gasteiger partial charge in [0.2, 0.25) is 0 Å². The van der Waals surface area contributed by atoms with Gasteiger partial charge in [-0.2, -0.15) is 10.2 Å². The number of nitrogens with zero attached hydrogens (tertiary/aromatic N) is 3. The van der Waals surface area contributed by atoms with Crippen LogP contribution in [0.5, 0.6) is 0 Å². The zero-order valence-electron chi connectivity index (χ0n) is 12.8. The molecular formula is C15H22N4OS. The van der Waals surface area contributed by atoms with Crippen molar-refractivity contribution >= 4 is 23.1 Å². The first-order valence-electron chi connectivity index (χ1n) is 7.30. The van der Waals surface area contributed by atoms with Crippen LogP contribution in [-0.2, 0) is 6.42 Å². The number of aromatic nitrogens is 2. The molecule has 1 saturated heterocycles. The molecule has 114 valence electrons. The lowest BCUT2D eigenvalue weighted by molar-refractivity contribution is 0.0668. The minimum atomic E-state index is -0.133. The summed E-state index contributed by atoms with van der Waals surface area (Å²) < 4.78 is 0. The maximum atomic E-state index is 12.7. The number of likely N-dealkylation sites (tertiary alicyclic amines) is 1. The molecule has 21 heavy (non-hydrogen) atoms. The normalized spacial score (nSPS) is 17.6. The third kappa shape index (κ3) is 3.20. The van der Waals surface area contributed by atoms with Crippen LogP contribution >= 0.6 is 12.2 Å². The number of amides is 1. The van der Waals surface area contributed by atoms with Gasteiger partial charge >= 0.3 is 0 Å². The molecule has 0 aromatic carbocycles. The molecule has 0 spiro atoms. The molecule has 0 unspecified atom stereocenters. The molecule has 1 aliphatic rings. The molecule has 1 fully saturated rings. The van der Waals surface area contributed by atoms with E-state index in [9.17, 15) is 4.79 Å². The fraction of sp³-hybridized carbons (Fsp3) is 0.600. The van der Waals surface area contributed by atoms with Gasteiger partial charge in [-0.1, -0.05) is 26.1 Å². The second-order valence-electron chi connectivity index (χ2n) is 5.92. The first-order valence-corrected chi connectivity index (χ1v) is 7.70. The van der Waals surface area contributed by atoms with Crippen LogP contribution in [0.2, 0.25) is 0 Å². The minimum absolute atomic E-state index is 0.0369. The van der Waals surface area contributed by atoms with E-state index in [1.54, 1.807) is 0 Å². The molecule has 0 bridgehead atoms. The van der Waals surface area contributed by atoms with E-state index < -0.39 is 0 Å². The van der Waals surface area contributed by atoms with Crippen LogP contribution in [0.1, 0.15) is 48.4 Å². The summed E-state index contributed by atoms with van der Waals surface area (Å²) in [7, 11) is 0. The maximum absolute atomic E-state index is 12.7. The van der Waals surface area contributed by atoms with Crippen molar-refractivity contribution in [3.05, 3.63) is 23.0 Å². The number of carbonyl (C=O) groups excluding carboxylic acids is 1. The second kappa shape index (κ2) is 6.05. The van der Waals surface area contributed by atoms with Crippen molar-refractivity contribution < 1.29 is 4.79 Å². The van der Waals surface area contributed by atoms with Gasteiger partial charge in [-0.05, 0) is 32.3 Å². The van der Waals surface area contributed by atoms with Crippen LogP contribution in [0.15, 0.2) is 6.07 Å². The summed E-state index contributed by atoms with van der Waals surface area (Å²) in [6.07, 6.45) is 2.33. The van der Waals surface area contributed by atoms with Crippen molar-refractivity contribution in [2.24, 2.45) is 11.1 Å². The number of rotatable bonds is 3. The summed E-state index contributed by atoms with van der Waals surface area (Å²) in [5, 5.41) is 8.16. The molecule has 1 aromatic rings. The molecule has 0 radical (unpaired) electrons. The van der Waals surface area contributed by atoms with E-state index >= 15 is 0 Å². The van der Waals surface area contributed by atoms with Crippen LogP contribution in [0, 0.1) is 12.3 Å². The third-order valence-electron chi connectivity index (χ3n) is 4.31. The average Bonchev–Trinajstić information content (AvgIpc) is 2.47. The Labute approximate surface area is 130 Å². The standard InChI is InChI=1S/C15H22N4OS/c1-4-12-11(9-10(2)17-18-12)13(20)19-7-5-15(3,6-8-19)14(16)21/h9H,4-8H2,1-3H3,(H2,16,21). The van der Waals surface area contributed by atoms with Gasteiger partial charge in [-0.25, -0.2) is 0 Å². The van der Waals surface area contributed by atoms with Crippen molar-refractivity contribution in [2.45, 2.75) is 40.0 Å². The topological polar surface area (TPSA) is 72.1 Å². The van der Waals surface area contributed by atoms with Crippen molar-refractivity contribution in [3.63, 3.8) is 0 Å². The first kappa shape index (κ1) is 15.8. The highest BCUT2D eigenvalue weighted by atomic mass is 32.1. The molecule has 2 heterocycles. The summed E-state index contributed by atoms with van der Waals surface area (Å²) in [5.41, 5.74) is 7.87. The fourth-order valence-corrected chi connectivity index (χ4v) is 2.78. The zero-order chi connectivity index (χ0) is 15.6. The van der Waals surface area contributed by atoms with E-state index in [4.69, 9.17) is 18.0 Å². The van der Waals surface area contributed by atoms with Crippen molar-refractivity contribution in [3.8, 4) is 0 Å². The average molecular weight is 306 g/mol. The highest BCUT2D eigenvalue weighted by Gasteiger charge is 2.34. The Morgan fingerprint density at radius 3 is 2.57 bits per heavy atom. The molecule has 2 rings (SSSR count). The molecule has 2 N–H and O–H groups in total. The summed E-state index contributed by atoms with van der Waals surface area (Å²) in [6.45, 7) is 7.26. The molecule has 0 aliphatic carbocycles. The maximum Gasteiger partial charge on any atom is 0.255 e. The monoisotopic (exact) mass is 306 g/mol. The molecule has 6 heteroatoms. The van der Waals surface area contributed by atoms with Gasteiger partial charge in [0.25, 0.3) is 5.91 Å². The number of nitrogens with two attached hydrogens (primary N) is 1. The number of thiocarbonyl (C=S) groups is 1. The fourth-order valence-electron chi connectivity index (χ4n) is 2.58. The predicted molar refractivity (Wildman–Crippen MR) is 86.2 cm³/mol. The molecule has 0 saturated carbocycles. The summed E-state index contributed by atoms with van der Waals surface area (Å²) in [6, 6.07) is 1.83. The largest absolute Gasteiger partial charge is 0.393 e. The van der Waals surface area contributed by atoms with E-state index in [1.807, 2.05) is 24.8 Å². The van der Waals surface area contributed by atoms with Gasteiger partial charge in [-0.15, -0.1) is 0 Å². The number of hydrogen-bond acceptors (Lipinski definition) is 4. The third-order valence-corrected chi connectivity index (χ3v) is 4.80. The van der Waals surface area contributed by atoms with Gasteiger partial charge in [-0.3, -0.25) is 4.79 Å². The van der Waals surface area contributed by atoms with Crippen molar-refractivity contribution in [1.29, 1.82) is 0 Å². The smallest absolute Gasteiger partial charge is 0.255 e. The Hall–Kier alpha value is -1.56. The Balaban J connectivity index is 2.16. The second-order valence-corrected chi connectivity index (χ2v) is 6.36. The zero-order valence-corrected chi connectivity index (χ0v) is 13.7. The van der Waals surface area contributed by atoms with Gasteiger partial charge in [0.05, 0.1) is 21.9 Å².